The highest BCUT2D eigenvalue weighted by molar-refractivity contribution is 7.87. The molecule has 0 unspecified atom stereocenters. The zero-order valence-corrected chi connectivity index (χ0v) is 10.8. The fourth-order valence-corrected chi connectivity index (χ4v) is 3.00. The summed E-state index contributed by atoms with van der Waals surface area (Å²) in [6, 6.07) is 0. The first-order valence-electron chi connectivity index (χ1n) is 5.79. The lowest BCUT2D eigenvalue weighted by atomic mass is 9.72. The summed E-state index contributed by atoms with van der Waals surface area (Å²) >= 11 is 0. The number of hydrogen-bond acceptors (Lipinski definition) is 3. The number of aliphatic carboxylic acids is 1. The molecule has 1 rings (SSSR count). The van der Waals surface area contributed by atoms with Gasteiger partial charge in [0.2, 0.25) is 0 Å². The van der Waals surface area contributed by atoms with Gasteiger partial charge in [-0.1, -0.05) is 19.3 Å². The van der Waals surface area contributed by atoms with Crippen LogP contribution in [0.2, 0.25) is 0 Å². The molecule has 0 aromatic rings. The lowest BCUT2D eigenvalue weighted by molar-refractivity contribution is -0.140. The van der Waals surface area contributed by atoms with Gasteiger partial charge in [-0.05, 0) is 18.3 Å². The Labute approximate surface area is 102 Å². The van der Waals surface area contributed by atoms with Crippen LogP contribution in [0.3, 0.4) is 0 Å². The predicted octanol–water partition coefficient (Wildman–Crippen LogP) is 0.465. The third kappa shape index (κ3) is 4.61. The highest BCUT2D eigenvalue weighted by Gasteiger charge is 2.35. The van der Waals surface area contributed by atoms with Crippen LogP contribution in [0.5, 0.6) is 0 Å². The van der Waals surface area contributed by atoms with E-state index in [1.807, 2.05) is 0 Å². The molecule has 6 nitrogen and oxygen atoms in total. The van der Waals surface area contributed by atoms with Crippen LogP contribution >= 0.6 is 0 Å². The molecule has 100 valence electrons. The molecule has 0 saturated heterocycles. The molecule has 0 atom stereocenters. The molecule has 1 saturated carbocycles. The topological polar surface area (TPSA) is 95.5 Å². The van der Waals surface area contributed by atoms with Gasteiger partial charge in [0.25, 0.3) is 10.2 Å². The third-order valence-electron chi connectivity index (χ3n) is 3.35. The van der Waals surface area contributed by atoms with Crippen LogP contribution in [0, 0.1) is 5.41 Å². The van der Waals surface area contributed by atoms with Gasteiger partial charge in [-0.2, -0.15) is 8.42 Å². The largest absolute Gasteiger partial charge is 0.481 e. The van der Waals surface area contributed by atoms with Crippen LogP contribution in [0.15, 0.2) is 0 Å². The van der Waals surface area contributed by atoms with Crippen LogP contribution in [0.1, 0.15) is 38.5 Å². The van der Waals surface area contributed by atoms with Gasteiger partial charge < -0.3 is 5.11 Å². The second-order valence-electron chi connectivity index (χ2n) is 4.66. The molecule has 3 N–H and O–H groups in total. The number of hydrogen-bond donors (Lipinski definition) is 3. The maximum atomic E-state index is 11.3. The van der Waals surface area contributed by atoms with E-state index in [1.165, 1.54) is 7.05 Å². The molecule has 0 aromatic heterocycles. The van der Waals surface area contributed by atoms with Crippen molar-refractivity contribution in [2.45, 2.75) is 38.5 Å². The van der Waals surface area contributed by atoms with E-state index in [-0.39, 0.29) is 13.0 Å². The minimum atomic E-state index is -3.49. The van der Waals surface area contributed by atoms with Crippen molar-refractivity contribution in [2.24, 2.45) is 5.41 Å². The Hall–Kier alpha value is -0.660. The fourth-order valence-electron chi connectivity index (χ4n) is 2.36. The molecule has 1 aliphatic carbocycles. The molecule has 0 aliphatic heterocycles. The molecule has 0 spiro atoms. The molecule has 0 radical (unpaired) electrons. The number of rotatable bonds is 6. The molecule has 0 amide bonds. The van der Waals surface area contributed by atoms with Crippen molar-refractivity contribution in [1.29, 1.82) is 0 Å². The number of carboxylic acid groups (broad SMARTS) is 1. The van der Waals surface area contributed by atoms with Crippen LogP contribution in [-0.4, -0.2) is 33.1 Å². The molecular formula is C10H20N2O4S. The quantitative estimate of drug-likeness (QED) is 0.649. The zero-order valence-electron chi connectivity index (χ0n) is 10.0. The molecule has 0 aromatic carbocycles. The summed E-state index contributed by atoms with van der Waals surface area (Å²) in [7, 11) is -2.16. The Morgan fingerprint density at radius 1 is 1.29 bits per heavy atom. The van der Waals surface area contributed by atoms with E-state index in [0.29, 0.717) is 0 Å². The Morgan fingerprint density at radius 3 is 2.35 bits per heavy atom. The summed E-state index contributed by atoms with van der Waals surface area (Å²) < 4.78 is 27.2. The van der Waals surface area contributed by atoms with Crippen molar-refractivity contribution in [2.75, 3.05) is 13.6 Å². The van der Waals surface area contributed by atoms with Crippen molar-refractivity contribution < 1.29 is 18.3 Å². The van der Waals surface area contributed by atoms with Gasteiger partial charge in [-0.3, -0.25) is 4.79 Å². The van der Waals surface area contributed by atoms with Crippen molar-refractivity contribution in [3.05, 3.63) is 0 Å². The second-order valence-corrected chi connectivity index (χ2v) is 6.36. The van der Waals surface area contributed by atoms with Crippen molar-refractivity contribution in [1.82, 2.24) is 9.44 Å². The summed E-state index contributed by atoms with van der Waals surface area (Å²) in [4.78, 5) is 10.9. The van der Waals surface area contributed by atoms with Crippen LogP contribution in [-0.2, 0) is 15.0 Å². The number of carboxylic acids is 1. The zero-order chi connectivity index (χ0) is 12.9. The minimum absolute atomic E-state index is 0.0270. The Morgan fingerprint density at radius 2 is 1.88 bits per heavy atom. The molecule has 1 aliphatic rings. The van der Waals surface area contributed by atoms with Gasteiger partial charge in [-0.25, -0.2) is 9.44 Å². The predicted molar refractivity (Wildman–Crippen MR) is 63.8 cm³/mol. The highest BCUT2D eigenvalue weighted by atomic mass is 32.2. The first kappa shape index (κ1) is 14.4. The van der Waals surface area contributed by atoms with E-state index >= 15 is 0 Å². The van der Waals surface area contributed by atoms with E-state index in [1.54, 1.807) is 0 Å². The molecule has 0 heterocycles. The minimum Gasteiger partial charge on any atom is -0.481 e. The third-order valence-corrected chi connectivity index (χ3v) is 4.41. The lowest BCUT2D eigenvalue weighted by Crippen LogP contribution is -2.43. The highest BCUT2D eigenvalue weighted by Crippen LogP contribution is 2.38. The van der Waals surface area contributed by atoms with E-state index in [2.05, 4.69) is 9.44 Å². The SMILES string of the molecule is CNS(=O)(=O)NCC1(CC(=O)O)CCCCC1. The summed E-state index contributed by atoms with van der Waals surface area (Å²) in [6.45, 7) is 0.197. The fraction of sp³-hybridized carbons (Fsp3) is 0.900. The van der Waals surface area contributed by atoms with Gasteiger partial charge in [-0.15, -0.1) is 0 Å². The lowest BCUT2D eigenvalue weighted by Gasteiger charge is -2.36. The molecule has 7 heteroatoms. The van der Waals surface area contributed by atoms with Crippen LogP contribution in [0.4, 0.5) is 0 Å². The summed E-state index contributed by atoms with van der Waals surface area (Å²) in [5.74, 6) is -0.865. The van der Waals surface area contributed by atoms with Crippen LogP contribution in [0.25, 0.3) is 0 Å². The van der Waals surface area contributed by atoms with E-state index in [4.69, 9.17) is 5.11 Å². The van der Waals surface area contributed by atoms with E-state index in [9.17, 15) is 13.2 Å². The number of carbonyl (C=O) groups is 1. The van der Waals surface area contributed by atoms with E-state index in [0.717, 1.165) is 32.1 Å². The first-order chi connectivity index (χ1) is 7.89. The van der Waals surface area contributed by atoms with Crippen molar-refractivity contribution >= 4 is 16.2 Å². The summed E-state index contributed by atoms with van der Waals surface area (Å²) in [5.41, 5.74) is -0.423. The molecule has 0 bridgehead atoms. The Bertz CT molecular complexity index is 361. The Kier molecular flexibility index (Phi) is 4.91. The average molecular weight is 264 g/mol. The molecular weight excluding hydrogens is 244 g/mol. The first-order valence-corrected chi connectivity index (χ1v) is 7.27. The average Bonchev–Trinajstić information content (AvgIpc) is 2.27. The van der Waals surface area contributed by atoms with Crippen LogP contribution < -0.4 is 9.44 Å². The smallest absolute Gasteiger partial charge is 0.303 e. The summed E-state index contributed by atoms with van der Waals surface area (Å²) in [5, 5.41) is 8.92. The monoisotopic (exact) mass is 264 g/mol. The van der Waals surface area contributed by atoms with Crippen molar-refractivity contribution in [3.8, 4) is 0 Å². The maximum absolute atomic E-state index is 11.3. The molecule has 1 fully saturated rings. The van der Waals surface area contributed by atoms with Gasteiger partial charge >= 0.3 is 5.97 Å². The number of nitrogens with one attached hydrogen (secondary N) is 2. The molecule has 17 heavy (non-hydrogen) atoms. The Balaban J connectivity index is 2.67. The summed E-state index contributed by atoms with van der Waals surface area (Å²) in [6.07, 6.45) is 4.60. The maximum Gasteiger partial charge on any atom is 0.303 e. The van der Waals surface area contributed by atoms with Gasteiger partial charge in [0.05, 0.1) is 6.42 Å². The van der Waals surface area contributed by atoms with Gasteiger partial charge in [0.15, 0.2) is 0 Å². The standard InChI is InChI=1S/C10H20N2O4S/c1-11-17(15,16)12-8-10(7-9(13)14)5-3-2-4-6-10/h11-12H,2-8H2,1H3,(H,13,14). The van der Waals surface area contributed by atoms with Gasteiger partial charge in [0, 0.05) is 13.6 Å². The second kappa shape index (κ2) is 5.79. The van der Waals surface area contributed by atoms with Crippen molar-refractivity contribution in [3.63, 3.8) is 0 Å². The normalized spacial score (nSPS) is 20.1. The van der Waals surface area contributed by atoms with Gasteiger partial charge in [0.1, 0.15) is 0 Å². The van der Waals surface area contributed by atoms with E-state index < -0.39 is 21.6 Å².